The normalized spacial score (nSPS) is 11.4. The molecule has 0 fully saturated rings. The van der Waals surface area contributed by atoms with Crippen LogP contribution in [0.25, 0.3) is 16.5 Å². The predicted molar refractivity (Wildman–Crippen MR) is 139 cm³/mol. The number of halogens is 1. The lowest BCUT2D eigenvalue weighted by molar-refractivity contribution is 0.256. The van der Waals surface area contributed by atoms with Crippen LogP contribution in [0.15, 0.2) is 69.7 Å². The van der Waals surface area contributed by atoms with Gasteiger partial charge in [-0.2, -0.15) is 0 Å². The number of hydrogen-bond acceptors (Lipinski definition) is 7. The molecule has 0 aliphatic rings. The van der Waals surface area contributed by atoms with Gasteiger partial charge in [-0.3, -0.25) is 4.79 Å². The van der Waals surface area contributed by atoms with E-state index in [2.05, 4.69) is 17.6 Å². The van der Waals surface area contributed by atoms with E-state index in [4.69, 9.17) is 11.6 Å². The van der Waals surface area contributed by atoms with E-state index < -0.39 is 21.6 Å². The molecular formula is C23H21ClN4O5S2. The van der Waals surface area contributed by atoms with Crippen molar-refractivity contribution < 1.29 is 18.3 Å². The molecule has 0 saturated heterocycles. The lowest BCUT2D eigenvalue weighted by atomic mass is 10.1. The fourth-order valence-electron chi connectivity index (χ4n) is 3.40. The number of thiophene rings is 1. The lowest BCUT2D eigenvalue weighted by Crippen LogP contribution is -2.33. The molecule has 12 heteroatoms. The second-order valence-electron chi connectivity index (χ2n) is 7.54. The van der Waals surface area contributed by atoms with Crippen LogP contribution in [0.3, 0.4) is 0 Å². The standard InChI is InChI=1S/C23H21ClN4O5S2/c1-2-11-25-16-5-8-18-14(12-16)13-20(29)28(22(18)30)17-6-3-15(4-7-17)26-23(31)27-35(32,33)21-10-9-19(24)34-21/h3-10,12-13,25,30H,2,11H2,1H3,(H2,26,27,31). The molecule has 2 aromatic carbocycles. The van der Waals surface area contributed by atoms with Gasteiger partial charge in [0.2, 0.25) is 5.88 Å². The number of nitrogens with one attached hydrogen (secondary N) is 3. The van der Waals surface area contributed by atoms with E-state index in [0.29, 0.717) is 16.5 Å². The third-order valence-corrected chi connectivity index (χ3v) is 8.06. The van der Waals surface area contributed by atoms with Gasteiger partial charge in [-0.25, -0.2) is 22.5 Å². The zero-order valence-electron chi connectivity index (χ0n) is 18.4. The van der Waals surface area contributed by atoms with E-state index in [1.54, 1.807) is 12.1 Å². The molecule has 0 aliphatic carbocycles. The van der Waals surface area contributed by atoms with E-state index in [-0.39, 0.29) is 20.1 Å². The zero-order chi connectivity index (χ0) is 25.2. The number of pyridine rings is 1. The number of amides is 2. The molecule has 2 heterocycles. The lowest BCUT2D eigenvalue weighted by Gasteiger charge is -2.13. The minimum absolute atomic E-state index is 0.0904. The van der Waals surface area contributed by atoms with Gasteiger partial charge in [0.1, 0.15) is 4.21 Å². The zero-order valence-corrected chi connectivity index (χ0v) is 20.8. The van der Waals surface area contributed by atoms with Crippen molar-refractivity contribution in [3.05, 3.63) is 75.4 Å². The van der Waals surface area contributed by atoms with Gasteiger partial charge in [-0.05, 0) is 66.4 Å². The van der Waals surface area contributed by atoms with Crippen molar-refractivity contribution in [2.75, 3.05) is 17.2 Å². The van der Waals surface area contributed by atoms with Crippen LogP contribution >= 0.6 is 22.9 Å². The monoisotopic (exact) mass is 532 g/mol. The first-order chi connectivity index (χ1) is 16.7. The number of aromatic nitrogens is 1. The van der Waals surface area contributed by atoms with Crippen molar-refractivity contribution in [1.82, 2.24) is 9.29 Å². The summed E-state index contributed by atoms with van der Waals surface area (Å²) in [6.07, 6.45) is 0.955. The highest BCUT2D eigenvalue weighted by Crippen LogP contribution is 2.28. The summed E-state index contributed by atoms with van der Waals surface area (Å²) in [5.74, 6) is -0.214. The summed E-state index contributed by atoms with van der Waals surface area (Å²) in [7, 11) is -4.06. The first kappa shape index (κ1) is 24.6. The van der Waals surface area contributed by atoms with Crippen LogP contribution in [0.5, 0.6) is 5.88 Å². The van der Waals surface area contributed by atoms with Crippen LogP contribution in [0.1, 0.15) is 13.3 Å². The minimum Gasteiger partial charge on any atom is -0.494 e. The van der Waals surface area contributed by atoms with Crippen LogP contribution in [0.2, 0.25) is 4.34 Å². The molecule has 2 amide bonds. The smallest absolute Gasteiger partial charge is 0.333 e. The molecule has 9 nitrogen and oxygen atoms in total. The molecule has 0 radical (unpaired) electrons. The molecule has 4 N–H and O–H groups in total. The fraction of sp³-hybridized carbons (Fsp3) is 0.130. The minimum atomic E-state index is -4.06. The molecule has 0 bridgehead atoms. The van der Waals surface area contributed by atoms with Crippen molar-refractivity contribution in [1.29, 1.82) is 0 Å². The van der Waals surface area contributed by atoms with Crippen molar-refractivity contribution in [3.63, 3.8) is 0 Å². The third-order valence-electron chi connectivity index (χ3n) is 5.01. The van der Waals surface area contributed by atoms with Gasteiger partial charge in [-0.1, -0.05) is 18.5 Å². The van der Waals surface area contributed by atoms with E-state index >= 15 is 0 Å². The summed E-state index contributed by atoms with van der Waals surface area (Å²) in [4.78, 5) is 24.9. The Hall–Kier alpha value is -3.54. The Labute approximate surface area is 210 Å². The largest absolute Gasteiger partial charge is 0.494 e. The van der Waals surface area contributed by atoms with E-state index in [1.807, 2.05) is 10.8 Å². The number of hydrogen-bond donors (Lipinski definition) is 4. The first-order valence-corrected chi connectivity index (χ1v) is 13.2. The number of sulfonamides is 1. The molecule has 0 unspecified atom stereocenters. The van der Waals surface area contributed by atoms with E-state index in [1.165, 1.54) is 42.5 Å². The summed E-state index contributed by atoms with van der Waals surface area (Å²) in [5.41, 5.74) is 1.08. The number of nitrogens with zero attached hydrogens (tertiary/aromatic N) is 1. The molecule has 4 aromatic rings. The molecule has 0 saturated carbocycles. The molecule has 182 valence electrons. The molecule has 2 aromatic heterocycles. The molecule has 4 rings (SSSR count). The Balaban J connectivity index is 1.53. The van der Waals surface area contributed by atoms with Crippen molar-refractivity contribution in [2.45, 2.75) is 17.6 Å². The average Bonchev–Trinajstić information content (AvgIpc) is 3.25. The van der Waals surface area contributed by atoms with Gasteiger partial charge in [0.05, 0.1) is 10.0 Å². The Bertz CT molecular complexity index is 1560. The highest BCUT2D eigenvalue weighted by atomic mass is 35.5. The predicted octanol–water partition coefficient (Wildman–Crippen LogP) is 4.74. The highest BCUT2D eigenvalue weighted by molar-refractivity contribution is 7.92. The van der Waals surface area contributed by atoms with Crippen molar-refractivity contribution in [3.8, 4) is 11.6 Å². The number of carbonyl (C=O) groups is 1. The highest BCUT2D eigenvalue weighted by Gasteiger charge is 2.20. The maximum absolute atomic E-state index is 12.8. The van der Waals surface area contributed by atoms with Crippen molar-refractivity contribution in [2.24, 2.45) is 0 Å². The van der Waals surface area contributed by atoms with Gasteiger partial charge in [0.15, 0.2) is 0 Å². The Morgan fingerprint density at radius 1 is 1.06 bits per heavy atom. The maximum Gasteiger partial charge on any atom is 0.333 e. The Morgan fingerprint density at radius 2 is 1.77 bits per heavy atom. The molecular weight excluding hydrogens is 512 g/mol. The number of aromatic hydroxyl groups is 1. The topological polar surface area (TPSA) is 130 Å². The van der Waals surface area contributed by atoms with Crippen LogP contribution in [-0.2, 0) is 10.0 Å². The third kappa shape index (κ3) is 5.42. The average molecular weight is 533 g/mol. The second kappa shape index (κ2) is 9.98. The summed E-state index contributed by atoms with van der Waals surface area (Å²) in [6.45, 7) is 2.84. The van der Waals surface area contributed by atoms with Crippen LogP contribution in [0.4, 0.5) is 16.2 Å². The SMILES string of the molecule is CCCNc1ccc2c(O)n(-c3ccc(NC(=O)NS(=O)(=O)c4ccc(Cl)s4)cc3)c(=O)cc2c1. The number of urea groups is 1. The molecule has 0 spiro atoms. The van der Waals surface area contributed by atoms with Crippen LogP contribution in [-0.4, -0.2) is 30.7 Å². The maximum atomic E-state index is 12.8. The molecule has 0 aliphatic heterocycles. The van der Waals surface area contributed by atoms with Crippen LogP contribution in [0, 0.1) is 0 Å². The quantitative estimate of drug-likeness (QED) is 0.272. The van der Waals surface area contributed by atoms with Crippen LogP contribution < -0.4 is 20.9 Å². The summed E-state index contributed by atoms with van der Waals surface area (Å²) in [6, 6.07) is 14.6. The number of benzene rings is 2. The van der Waals surface area contributed by atoms with Crippen molar-refractivity contribution >= 4 is 61.1 Å². The van der Waals surface area contributed by atoms with Gasteiger partial charge in [-0.15, -0.1) is 11.3 Å². The summed E-state index contributed by atoms with van der Waals surface area (Å²) < 4.78 is 27.7. The van der Waals surface area contributed by atoms with Gasteiger partial charge in [0.25, 0.3) is 15.6 Å². The Kier molecular flexibility index (Phi) is 7.01. The van der Waals surface area contributed by atoms with Gasteiger partial charge in [0, 0.05) is 29.4 Å². The number of fused-ring (bicyclic) bond motifs is 1. The summed E-state index contributed by atoms with van der Waals surface area (Å²) in [5, 5.41) is 17.6. The van der Waals surface area contributed by atoms with E-state index in [0.717, 1.165) is 34.6 Å². The summed E-state index contributed by atoms with van der Waals surface area (Å²) >= 11 is 6.58. The Morgan fingerprint density at radius 3 is 2.43 bits per heavy atom. The number of anilines is 2. The molecule has 35 heavy (non-hydrogen) atoms. The van der Waals surface area contributed by atoms with E-state index in [9.17, 15) is 23.1 Å². The van der Waals surface area contributed by atoms with Gasteiger partial charge >= 0.3 is 6.03 Å². The number of rotatable bonds is 7. The first-order valence-electron chi connectivity index (χ1n) is 10.5. The number of carbonyl (C=O) groups excluding carboxylic acids is 1. The molecule has 0 atom stereocenters. The second-order valence-corrected chi connectivity index (χ2v) is 11.2. The fourth-order valence-corrected chi connectivity index (χ4v) is 5.79. The van der Waals surface area contributed by atoms with Gasteiger partial charge < -0.3 is 15.7 Å².